The molecular weight excluding hydrogens is 214 g/mol. The van der Waals surface area contributed by atoms with Gasteiger partial charge in [0.15, 0.2) is 0 Å². The van der Waals surface area contributed by atoms with Gasteiger partial charge in [0, 0.05) is 11.4 Å². The smallest absolute Gasteiger partial charge is 0.0584 e. The summed E-state index contributed by atoms with van der Waals surface area (Å²) in [6.45, 7) is 0.982. The number of hydrogen-bond acceptors (Lipinski definition) is 2. The molecule has 0 aliphatic rings. The van der Waals surface area contributed by atoms with Crippen molar-refractivity contribution >= 4 is 33.0 Å². The Morgan fingerprint density at radius 1 is 1.36 bits per heavy atom. The number of nitrogens with zero attached hydrogens (tertiary/aromatic N) is 1. The summed E-state index contributed by atoms with van der Waals surface area (Å²) < 4.78 is 1.20. The molecule has 0 amide bonds. The lowest BCUT2D eigenvalue weighted by molar-refractivity contribution is 0.406. The highest BCUT2D eigenvalue weighted by atomic mass is 35.5. The number of benzene rings is 1. The van der Waals surface area contributed by atoms with E-state index >= 15 is 0 Å². The van der Waals surface area contributed by atoms with Crippen LogP contribution in [0.3, 0.4) is 0 Å². The average molecular weight is 226 g/mol. The zero-order valence-electron chi connectivity index (χ0n) is 8.25. The second-order valence-electron chi connectivity index (χ2n) is 3.61. The maximum Gasteiger partial charge on any atom is 0.0584 e. The van der Waals surface area contributed by atoms with E-state index in [2.05, 4.69) is 31.1 Å². The van der Waals surface area contributed by atoms with Crippen LogP contribution in [0, 0.1) is 0 Å². The first-order valence-electron chi connectivity index (χ1n) is 4.48. The molecule has 0 radical (unpaired) electrons. The summed E-state index contributed by atoms with van der Waals surface area (Å²) in [5, 5.41) is 2.11. The molecular formula is C11H12ClNS. The van der Waals surface area contributed by atoms with Crippen LogP contribution in [0.5, 0.6) is 0 Å². The van der Waals surface area contributed by atoms with E-state index in [9.17, 15) is 0 Å². The van der Waals surface area contributed by atoms with Crippen LogP contribution in [0.4, 0.5) is 0 Å². The highest BCUT2D eigenvalue weighted by Crippen LogP contribution is 2.31. The molecule has 0 spiro atoms. The normalized spacial score (nSPS) is 11.4. The van der Waals surface area contributed by atoms with Crippen molar-refractivity contribution in [3.05, 3.63) is 34.2 Å². The lowest BCUT2D eigenvalue weighted by Crippen LogP contribution is -2.09. The summed E-state index contributed by atoms with van der Waals surface area (Å²) >= 11 is 7.88. The van der Waals surface area contributed by atoms with Crippen LogP contribution in [-0.4, -0.2) is 19.0 Å². The summed E-state index contributed by atoms with van der Waals surface area (Å²) in [5.41, 5.74) is 0. The van der Waals surface area contributed by atoms with Gasteiger partial charge in [-0.3, -0.25) is 0 Å². The van der Waals surface area contributed by atoms with Crippen molar-refractivity contribution in [2.24, 2.45) is 0 Å². The third kappa shape index (κ3) is 1.92. The highest BCUT2D eigenvalue weighted by Gasteiger charge is 2.04. The molecule has 0 aliphatic heterocycles. The van der Waals surface area contributed by atoms with E-state index in [4.69, 9.17) is 11.6 Å². The van der Waals surface area contributed by atoms with Gasteiger partial charge >= 0.3 is 0 Å². The van der Waals surface area contributed by atoms with Crippen LogP contribution in [0.25, 0.3) is 10.1 Å². The van der Waals surface area contributed by atoms with Crippen LogP contribution in [-0.2, 0) is 6.54 Å². The van der Waals surface area contributed by atoms with Crippen molar-refractivity contribution in [2.75, 3.05) is 14.1 Å². The van der Waals surface area contributed by atoms with E-state index in [-0.39, 0.29) is 0 Å². The number of fused-ring (bicyclic) bond motifs is 1. The van der Waals surface area contributed by atoms with Gasteiger partial charge in [0.05, 0.1) is 9.72 Å². The second-order valence-corrected chi connectivity index (χ2v) is 5.15. The zero-order valence-corrected chi connectivity index (χ0v) is 9.82. The monoisotopic (exact) mass is 225 g/mol. The van der Waals surface area contributed by atoms with Crippen molar-refractivity contribution in [3.63, 3.8) is 0 Å². The van der Waals surface area contributed by atoms with Gasteiger partial charge < -0.3 is 4.90 Å². The lowest BCUT2D eigenvalue weighted by atomic mass is 10.2. The molecule has 1 aromatic carbocycles. The van der Waals surface area contributed by atoms with Crippen LogP contribution in [0.15, 0.2) is 24.3 Å². The zero-order chi connectivity index (χ0) is 10.1. The standard InChI is InChI=1S/C11H12ClNS/c1-13(2)7-9-6-8-4-3-5-10(12)11(8)14-9/h3-6H,7H2,1-2H3. The topological polar surface area (TPSA) is 3.24 Å². The first-order chi connectivity index (χ1) is 6.66. The fraction of sp³-hybridized carbons (Fsp3) is 0.273. The molecule has 0 unspecified atom stereocenters. The van der Waals surface area contributed by atoms with E-state index in [0.29, 0.717) is 0 Å². The summed E-state index contributed by atoms with van der Waals surface area (Å²) in [6.07, 6.45) is 0. The highest BCUT2D eigenvalue weighted by molar-refractivity contribution is 7.19. The first kappa shape index (κ1) is 9.97. The summed E-state index contributed by atoms with van der Waals surface area (Å²) in [7, 11) is 4.15. The minimum atomic E-state index is 0.859. The molecule has 1 aromatic heterocycles. The molecule has 14 heavy (non-hydrogen) atoms. The Balaban J connectivity index is 2.46. The number of hydrogen-bond donors (Lipinski definition) is 0. The maximum atomic E-state index is 6.10. The molecule has 0 aliphatic carbocycles. The van der Waals surface area contributed by atoms with Gasteiger partial charge in [0.25, 0.3) is 0 Å². The van der Waals surface area contributed by atoms with Gasteiger partial charge in [-0.15, -0.1) is 11.3 Å². The molecule has 0 fully saturated rings. The van der Waals surface area contributed by atoms with Gasteiger partial charge in [0.2, 0.25) is 0 Å². The molecule has 1 nitrogen and oxygen atoms in total. The maximum absolute atomic E-state index is 6.10. The molecule has 0 N–H and O–H groups in total. The minimum absolute atomic E-state index is 0.859. The predicted molar refractivity (Wildman–Crippen MR) is 64.2 cm³/mol. The molecule has 1 heterocycles. The third-order valence-electron chi connectivity index (χ3n) is 2.02. The molecule has 2 aromatic rings. The van der Waals surface area contributed by atoms with E-state index in [0.717, 1.165) is 11.6 Å². The second kappa shape index (κ2) is 3.89. The van der Waals surface area contributed by atoms with Gasteiger partial charge in [-0.25, -0.2) is 0 Å². The number of thiophene rings is 1. The summed E-state index contributed by atoms with van der Waals surface area (Å²) in [6, 6.07) is 8.26. The Morgan fingerprint density at radius 3 is 2.79 bits per heavy atom. The molecule has 0 saturated heterocycles. The van der Waals surface area contributed by atoms with Crippen molar-refractivity contribution in [1.29, 1.82) is 0 Å². The molecule has 0 atom stereocenters. The van der Waals surface area contributed by atoms with Crippen LogP contribution in [0.1, 0.15) is 4.88 Å². The quantitative estimate of drug-likeness (QED) is 0.755. The van der Waals surface area contributed by atoms with Crippen molar-refractivity contribution in [1.82, 2.24) is 4.90 Å². The van der Waals surface area contributed by atoms with Crippen LogP contribution < -0.4 is 0 Å². The molecule has 0 bridgehead atoms. The fourth-order valence-corrected chi connectivity index (χ4v) is 2.95. The van der Waals surface area contributed by atoms with Crippen LogP contribution >= 0.6 is 22.9 Å². The SMILES string of the molecule is CN(C)Cc1cc2cccc(Cl)c2s1. The first-order valence-corrected chi connectivity index (χ1v) is 5.68. The lowest BCUT2D eigenvalue weighted by Gasteiger charge is -2.05. The molecule has 74 valence electrons. The van der Waals surface area contributed by atoms with Crippen molar-refractivity contribution in [2.45, 2.75) is 6.54 Å². The molecule has 3 heteroatoms. The molecule has 0 saturated carbocycles. The fourth-order valence-electron chi connectivity index (χ4n) is 1.47. The Kier molecular flexibility index (Phi) is 2.77. The Morgan fingerprint density at radius 2 is 2.14 bits per heavy atom. The Bertz CT molecular complexity index is 447. The van der Waals surface area contributed by atoms with Crippen molar-refractivity contribution in [3.8, 4) is 0 Å². The summed E-state index contributed by atoms with van der Waals surface area (Å²) in [4.78, 5) is 3.52. The van der Waals surface area contributed by atoms with Gasteiger partial charge in [-0.1, -0.05) is 23.7 Å². The van der Waals surface area contributed by atoms with E-state index < -0.39 is 0 Å². The third-order valence-corrected chi connectivity index (χ3v) is 3.62. The van der Waals surface area contributed by atoms with Crippen molar-refractivity contribution < 1.29 is 0 Å². The predicted octanol–water partition coefficient (Wildman–Crippen LogP) is 3.62. The average Bonchev–Trinajstić information content (AvgIpc) is 2.47. The van der Waals surface area contributed by atoms with E-state index in [1.165, 1.54) is 15.0 Å². The Labute approximate surface area is 92.9 Å². The molecule has 2 rings (SSSR count). The van der Waals surface area contributed by atoms with E-state index in [1.54, 1.807) is 11.3 Å². The van der Waals surface area contributed by atoms with Gasteiger partial charge in [-0.05, 0) is 31.6 Å². The minimum Gasteiger partial charge on any atom is -0.304 e. The van der Waals surface area contributed by atoms with Gasteiger partial charge in [-0.2, -0.15) is 0 Å². The van der Waals surface area contributed by atoms with E-state index in [1.807, 2.05) is 12.1 Å². The summed E-state index contributed by atoms with van der Waals surface area (Å²) in [5.74, 6) is 0. The largest absolute Gasteiger partial charge is 0.304 e. The van der Waals surface area contributed by atoms with Crippen LogP contribution in [0.2, 0.25) is 5.02 Å². The number of rotatable bonds is 2. The van der Waals surface area contributed by atoms with Gasteiger partial charge in [0.1, 0.15) is 0 Å². The Hall–Kier alpha value is -0.570. The number of halogens is 1.